The average Bonchev–Trinajstić information content (AvgIpc) is 2.09. The largest absolute Gasteiger partial charge is 0.492 e. The third-order valence-corrected chi connectivity index (χ3v) is 2.19. The summed E-state index contributed by atoms with van der Waals surface area (Å²) in [5, 5.41) is 0.662. The molecule has 0 bridgehead atoms. The maximum atomic E-state index is 5.95. The molecule has 0 amide bonds. The van der Waals surface area contributed by atoms with Gasteiger partial charge in [-0.1, -0.05) is 17.7 Å². The molecule has 0 unspecified atom stereocenters. The van der Waals surface area contributed by atoms with E-state index in [2.05, 4.69) is 0 Å². The third-order valence-electron chi connectivity index (χ3n) is 1.62. The summed E-state index contributed by atoms with van der Waals surface area (Å²) in [6, 6.07) is 5.74. The third kappa shape index (κ3) is 3.45. The lowest BCUT2D eigenvalue weighted by Crippen LogP contribution is -1.98. The lowest BCUT2D eigenvalue weighted by atomic mass is 10.2. The van der Waals surface area contributed by atoms with E-state index in [9.17, 15) is 0 Å². The molecule has 0 aliphatic carbocycles. The predicted molar refractivity (Wildman–Crippen MR) is 57.0 cm³/mol. The Labute approximate surface area is 88.6 Å². The van der Waals surface area contributed by atoms with Crippen molar-refractivity contribution in [3.63, 3.8) is 0 Å². The fourth-order valence-corrected chi connectivity index (χ4v) is 1.36. The molecule has 0 radical (unpaired) electrons. The molecule has 13 heavy (non-hydrogen) atoms. The van der Waals surface area contributed by atoms with E-state index >= 15 is 0 Å². The Balaban J connectivity index is 2.56. The predicted octanol–water partition coefficient (Wildman–Crippen LogP) is 3.66. The molecule has 0 aliphatic rings. The molecule has 0 fully saturated rings. The zero-order valence-corrected chi connectivity index (χ0v) is 9.03. The van der Waals surface area contributed by atoms with Crippen molar-refractivity contribution in [3.05, 3.63) is 28.8 Å². The highest BCUT2D eigenvalue weighted by Crippen LogP contribution is 2.25. The van der Waals surface area contributed by atoms with Crippen LogP contribution in [0.5, 0.6) is 5.75 Å². The standard InChI is InChI=1S/C10H12Cl2O/c1-8-3-4-10(9(12)7-8)13-6-2-5-11/h3-4,7H,2,5-6H2,1H3. The van der Waals surface area contributed by atoms with E-state index in [4.69, 9.17) is 27.9 Å². The molecule has 0 aromatic heterocycles. The van der Waals surface area contributed by atoms with Crippen molar-refractivity contribution in [1.82, 2.24) is 0 Å². The van der Waals surface area contributed by atoms with Crippen LogP contribution in [0.15, 0.2) is 18.2 Å². The molecule has 0 aliphatic heterocycles. The normalized spacial score (nSPS) is 10.1. The van der Waals surface area contributed by atoms with E-state index in [1.54, 1.807) is 0 Å². The Morgan fingerprint density at radius 2 is 2.15 bits per heavy atom. The van der Waals surface area contributed by atoms with Gasteiger partial charge in [0.2, 0.25) is 0 Å². The first-order chi connectivity index (χ1) is 6.24. The highest BCUT2D eigenvalue weighted by Gasteiger charge is 2.00. The monoisotopic (exact) mass is 218 g/mol. The lowest BCUT2D eigenvalue weighted by molar-refractivity contribution is 0.318. The number of halogens is 2. The Hall–Kier alpha value is -0.400. The zero-order valence-electron chi connectivity index (χ0n) is 7.52. The molecule has 0 heterocycles. The Morgan fingerprint density at radius 3 is 2.77 bits per heavy atom. The fourth-order valence-electron chi connectivity index (χ4n) is 0.960. The summed E-state index contributed by atoms with van der Waals surface area (Å²) in [6.45, 7) is 2.61. The van der Waals surface area contributed by atoms with Crippen LogP contribution in [0.1, 0.15) is 12.0 Å². The number of rotatable bonds is 4. The minimum absolute atomic E-state index is 0.615. The number of ether oxygens (including phenoxy) is 1. The van der Waals surface area contributed by atoms with Gasteiger partial charge < -0.3 is 4.74 Å². The van der Waals surface area contributed by atoms with E-state index in [0.717, 1.165) is 17.7 Å². The van der Waals surface area contributed by atoms with E-state index < -0.39 is 0 Å². The molecule has 1 aromatic carbocycles. The second-order valence-corrected chi connectivity index (χ2v) is 3.61. The lowest BCUT2D eigenvalue weighted by Gasteiger charge is -2.07. The van der Waals surface area contributed by atoms with Gasteiger partial charge in [-0.05, 0) is 31.0 Å². The minimum atomic E-state index is 0.615. The highest BCUT2D eigenvalue weighted by atomic mass is 35.5. The van der Waals surface area contributed by atoms with Crippen molar-refractivity contribution < 1.29 is 4.74 Å². The van der Waals surface area contributed by atoms with Crippen molar-refractivity contribution in [1.29, 1.82) is 0 Å². The smallest absolute Gasteiger partial charge is 0.137 e. The minimum Gasteiger partial charge on any atom is -0.492 e. The van der Waals surface area contributed by atoms with Gasteiger partial charge in [0, 0.05) is 5.88 Å². The maximum Gasteiger partial charge on any atom is 0.137 e. The van der Waals surface area contributed by atoms with E-state index in [1.807, 2.05) is 25.1 Å². The van der Waals surface area contributed by atoms with Gasteiger partial charge in [-0.15, -0.1) is 11.6 Å². The number of hydrogen-bond acceptors (Lipinski definition) is 1. The van der Waals surface area contributed by atoms with Gasteiger partial charge in [0.25, 0.3) is 0 Å². The summed E-state index contributed by atoms with van der Waals surface area (Å²) >= 11 is 11.5. The van der Waals surface area contributed by atoms with Crippen LogP contribution in [0.3, 0.4) is 0 Å². The summed E-state index contributed by atoms with van der Waals surface area (Å²) in [6.07, 6.45) is 0.839. The summed E-state index contributed by atoms with van der Waals surface area (Å²) < 4.78 is 5.42. The van der Waals surface area contributed by atoms with Crippen LogP contribution in [-0.2, 0) is 0 Å². The quantitative estimate of drug-likeness (QED) is 0.554. The first kappa shape index (κ1) is 10.7. The van der Waals surface area contributed by atoms with Crippen LogP contribution < -0.4 is 4.74 Å². The van der Waals surface area contributed by atoms with Gasteiger partial charge in [-0.25, -0.2) is 0 Å². The van der Waals surface area contributed by atoms with Crippen molar-refractivity contribution in [2.45, 2.75) is 13.3 Å². The van der Waals surface area contributed by atoms with Crippen molar-refractivity contribution in [2.75, 3.05) is 12.5 Å². The first-order valence-corrected chi connectivity index (χ1v) is 5.10. The van der Waals surface area contributed by atoms with Crippen LogP contribution in [0.4, 0.5) is 0 Å². The van der Waals surface area contributed by atoms with Gasteiger partial charge in [0.05, 0.1) is 11.6 Å². The van der Waals surface area contributed by atoms with Crippen molar-refractivity contribution in [3.8, 4) is 5.75 Å². The molecular formula is C10H12Cl2O. The van der Waals surface area contributed by atoms with Crippen LogP contribution in [0, 0.1) is 6.92 Å². The highest BCUT2D eigenvalue weighted by molar-refractivity contribution is 6.32. The molecule has 0 N–H and O–H groups in total. The number of alkyl halides is 1. The fraction of sp³-hybridized carbons (Fsp3) is 0.400. The van der Waals surface area contributed by atoms with Crippen LogP contribution in [0.2, 0.25) is 5.02 Å². The van der Waals surface area contributed by atoms with E-state index in [0.29, 0.717) is 17.5 Å². The van der Waals surface area contributed by atoms with Gasteiger partial charge >= 0.3 is 0 Å². The van der Waals surface area contributed by atoms with Gasteiger partial charge in [-0.2, -0.15) is 0 Å². The van der Waals surface area contributed by atoms with Crippen LogP contribution in [-0.4, -0.2) is 12.5 Å². The second-order valence-electron chi connectivity index (χ2n) is 2.82. The van der Waals surface area contributed by atoms with E-state index in [1.165, 1.54) is 0 Å². The molecule has 1 nitrogen and oxygen atoms in total. The van der Waals surface area contributed by atoms with Gasteiger partial charge in [0.15, 0.2) is 0 Å². The summed E-state index contributed by atoms with van der Waals surface area (Å²) in [7, 11) is 0. The molecule has 3 heteroatoms. The van der Waals surface area contributed by atoms with Crippen molar-refractivity contribution in [2.24, 2.45) is 0 Å². The zero-order chi connectivity index (χ0) is 9.68. The number of aryl methyl sites for hydroxylation is 1. The first-order valence-electron chi connectivity index (χ1n) is 4.19. The Kier molecular flexibility index (Phi) is 4.40. The maximum absolute atomic E-state index is 5.95. The summed E-state index contributed by atoms with van der Waals surface area (Å²) in [5.74, 6) is 1.35. The number of benzene rings is 1. The van der Waals surface area contributed by atoms with Gasteiger partial charge in [-0.3, -0.25) is 0 Å². The molecule has 1 rings (SSSR count). The molecule has 0 spiro atoms. The average molecular weight is 219 g/mol. The van der Waals surface area contributed by atoms with Gasteiger partial charge in [0.1, 0.15) is 5.75 Å². The van der Waals surface area contributed by atoms with E-state index in [-0.39, 0.29) is 0 Å². The SMILES string of the molecule is Cc1ccc(OCCCCl)c(Cl)c1. The summed E-state index contributed by atoms with van der Waals surface area (Å²) in [4.78, 5) is 0. The summed E-state index contributed by atoms with van der Waals surface area (Å²) in [5.41, 5.74) is 1.13. The Morgan fingerprint density at radius 1 is 1.38 bits per heavy atom. The second kappa shape index (κ2) is 5.36. The number of hydrogen-bond donors (Lipinski definition) is 0. The molecule has 72 valence electrons. The molecule has 1 aromatic rings. The topological polar surface area (TPSA) is 9.23 Å². The Bertz CT molecular complexity index is 274. The van der Waals surface area contributed by atoms with Crippen LogP contribution in [0.25, 0.3) is 0 Å². The molecular weight excluding hydrogens is 207 g/mol. The molecule has 0 atom stereocenters. The molecule has 0 saturated carbocycles. The van der Waals surface area contributed by atoms with Crippen LogP contribution >= 0.6 is 23.2 Å². The van der Waals surface area contributed by atoms with Crippen molar-refractivity contribution >= 4 is 23.2 Å². The molecule has 0 saturated heterocycles.